The molecule has 1 aliphatic heterocycles. The lowest BCUT2D eigenvalue weighted by molar-refractivity contribution is -0.164. The maximum absolute atomic E-state index is 13.5. The molecule has 174 valence electrons. The summed E-state index contributed by atoms with van der Waals surface area (Å²) in [4.78, 5) is 0. The van der Waals surface area contributed by atoms with E-state index >= 15 is 0 Å². The van der Waals surface area contributed by atoms with Gasteiger partial charge < -0.3 is 31.1 Å². The maximum Gasteiger partial charge on any atom is 0.194 e. The Morgan fingerprint density at radius 1 is 1.16 bits per heavy atom. The fraction of sp³-hybridized carbons (Fsp3) is 0.333. The van der Waals surface area contributed by atoms with Crippen LogP contribution in [0.25, 0.3) is 5.70 Å². The molecule has 0 saturated carbocycles. The van der Waals surface area contributed by atoms with Crippen molar-refractivity contribution in [3.8, 4) is 0 Å². The van der Waals surface area contributed by atoms with Crippen molar-refractivity contribution in [2.24, 2.45) is 5.73 Å². The highest BCUT2D eigenvalue weighted by atomic mass is 35.5. The highest BCUT2D eigenvalue weighted by molar-refractivity contribution is 7.99. The molecule has 3 rings (SSSR count). The zero-order chi connectivity index (χ0) is 23.4. The summed E-state index contributed by atoms with van der Waals surface area (Å²) in [6, 6.07) is 7.58. The van der Waals surface area contributed by atoms with Crippen LogP contribution in [0.1, 0.15) is 11.1 Å². The van der Waals surface area contributed by atoms with Crippen LogP contribution in [0.3, 0.4) is 0 Å². The highest BCUT2D eigenvalue weighted by Gasteiger charge is 2.44. The normalized spacial score (nSPS) is 26.2. The first-order chi connectivity index (χ1) is 15.2. The van der Waals surface area contributed by atoms with Gasteiger partial charge in [-0.25, -0.2) is 13.2 Å². The van der Waals surface area contributed by atoms with Gasteiger partial charge in [-0.3, -0.25) is 0 Å². The molecule has 1 saturated heterocycles. The number of aliphatic hydroxyl groups excluding tert-OH is 3. The number of benzene rings is 2. The Hall–Kier alpha value is -1.95. The second-order valence-electron chi connectivity index (χ2n) is 7.16. The quantitative estimate of drug-likeness (QED) is 0.379. The van der Waals surface area contributed by atoms with Crippen molar-refractivity contribution in [2.75, 3.05) is 6.61 Å². The minimum absolute atomic E-state index is 0.131. The van der Waals surface area contributed by atoms with Crippen molar-refractivity contribution < 1.29 is 33.2 Å². The predicted octanol–water partition coefficient (Wildman–Crippen LogP) is 2.35. The fourth-order valence-electron chi connectivity index (χ4n) is 3.20. The molecule has 11 heteroatoms. The maximum atomic E-state index is 13.5. The van der Waals surface area contributed by atoms with Crippen LogP contribution in [0.15, 0.2) is 42.6 Å². The van der Waals surface area contributed by atoms with E-state index in [0.717, 1.165) is 23.9 Å². The Morgan fingerprint density at radius 3 is 2.44 bits per heavy atom. The molecule has 0 radical (unpaired) electrons. The number of thioether (sulfide) groups is 1. The lowest BCUT2D eigenvalue weighted by Crippen LogP contribution is -2.62. The standard InChI is InChI=1S/C21H22ClF3N2O4S/c22-12-4-2-1-3-10(12)9-32-21-20(30)18(19(29)16(8-28)31-21)27-7-15(26)11-5-13(23)17(25)14(24)6-11/h1-7,16,18-21,27-30H,8-9,26H2/b15-7-. The lowest BCUT2D eigenvalue weighted by Gasteiger charge is -2.42. The van der Waals surface area contributed by atoms with Gasteiger partial charge in [0.2, 0.25) is 0 Å². The van der Waals surface area contributed by atoms with Crippen molar-refractivity contribution >= 4 is 29.1 Å². The first kappa shape index (κ1) is 24.7. The molecule has 5 unspecified atom stereocenters. The van der Waals surface area contributed by atoms with Crippen molar-refractivity contribution in [1.82, 2.24) is 5.32 Å². The van der Waals surface area contributed by atoms with Gasteiger partial charge in [0.25, 0.3) is 0 Å². The fourth-order valence-corrected chi connectivity index (χ4v) is 4.67. The third-order valence-electron chi connectivity index (χ3n) is 4.99. The summed E-state index contributed by atoms with van der Waals surface area (Å²) in [5.41, 5.74) is 5.52. The summed E-state index contributed by atoms with van der Waals surface area (Å²) >= 11 is 7.38. The van der Waals surface area contributed by atoms with E-state index in [-0.39, 0.29) is 11.3 Å². The molecule has 0 bridgehead atoms. The molecule has 6 nitrogen and oxygen atoms in total. The number of hydrogen-bond acceptors (Lipinski definition) is 7. The van der Waals surface area contributed by atoms with Gasteiger partial charge in [-0.2, -0.15) is 0 Å². The van der Waals surface area contributed by atoms with Crippen LogP contribution in [0.5, 0.6) is 0 Å². The molecular weight excluding hydrogens is 469 g/mol. The number of nitrogens with two attached hydrogens (primary N) is 1. The smallest absolute Gasteiger partial charge is 0.194 e. The zero-order valence-corrected chi connectivity index (χ0v) is 18.2. The molecule has 0 spiro atoms. The van der Waals surface area contributed by atoms with Crippen molar-refractivity contribution in [1.29, 1.82) is 0 Å². The molecule has 2 aromatic rings. The molecule has 0 aliphatic carbocycles. The first-order valence-corrected chi connectivity index (χ1v) is 11.0. The van der Waals surface area contributed by atoms with Crippen molar-refractivity contribution in [3.05, 3.63) is 76.2 Å². The molecule has 0 aromatic heterocycles. The average Bonchev–Trinajstić information content (AvgIpc) is 2.77. The minimum atomic E-state index is -1.62. The molecular formula is C21H22ClF3N2O4S. The van der Waals surface area contributed by atoms with Crippen LogP contribution >= 0.6 is 23.4 Å². The zero-order valence-electron chi connectivity index (χ0n) is 16.6. The summed E-state index contributed by atoms with van der Waals surface area (Å²) in [6.07, 6.45) is -2.43. The van der Waals surface area contributed by atoms with Gasteiger partial charge in [0.1, 0.15) is 23.7 Å². The number of ether oxygens (including phenoxy) is 1. The number of hydrogen-bond donors (Lipinski definition) is 5. The molecule has 1 fully saturated rings. The third-order valence-corrected chi connectivity index (χ3v) is 6.56. The van der Waals surface area contributed by atoms with Crippen LogP contribution in [-0.4, -0.2) is 51.7 Å². The summed E-state index contributed by atoms with van der Waals surface area (Å²) in [5, 5.41) is 34.1. The Kier molecular flexibility index (Phi) is 8.32. The van der Waals surface area contributed by atoms with E-state index in [9.17, 15) is 28.5 Å². The van der Waals surface area contributed by atoms with Crippen LogP contribution in [0.4, 0.5) is 13.2 Å². The van der Waals surface area contributed by atoms with E-state index in [0.29, 0.717) is 10.8 Å². The number of rotatable bonds is 7. The molecule has 32 heavy (non-hydrogen) atoms. The van der Waals surface area contributed by atoms with Crippen LogP contribution in [0, 0.1) is 17.5 Å². The molecule has 5 atom stereocenters. The first-order valence-electron chi connectivity index (χ1n) is 9.57. The van der Waals surface area contributed by atoms with Crippen LogP contribution in [-0.2, 0) is 10.5 Å². The summed E-state index contributed by atoms with van der Waals surface area (Å²) < 4.78 is 45.7. The Morgan fingerprint density at radius 2 is 1.81 bits per heavy atom. The van der Waals surface area contributed by atoms with Crippen LogP contribution < -0.4 is 11.1 Å². The van der Waals surface area contributed by atoms with Crippen molar-refractivity contribution in [3.63, 3.8) is 0 Å². The topological polar surface area (TPSA) is 108 Å². The van der Waals surface area contributed by atoms with E-state index in [1.807, 2.05) is 12.1 Å². The Bertz CT molecular complexity index is 961. The van der Waals surface area contributed by atoms with Gasteiger partial charge >= 0.3 is 0 Å². The minimum Gasteiger partial charge on any atom is -0.397 e. The molecule has 1 aliphatic rings. The largest absolute Gasteiger partial charge is 0.397 e. The van der Waals surface area contributed by atoms with Gasteiger partial charge in [-0.15, -0.1) is 11.8 Å². The molecule has 1 heterocycles. The van der Waals surface area contributed by atoms with Gasteiger partial charge in [-0.1, -0.05) is 29.8 Å². The number of nitrogens with one attached hydrogen (secondary N) is 1. The van der Waals surface area contributed by atoms with E-state index in [2.05, 4.69) is 5.32 Å². The summed E-state index contributed by atoms with van der Waals surface area (Å²) in [5.74, 6) is -4.03. The second kappa shape index (κ2) is 10.8. The monoisotopic (exact) mass is 490 g/mol. The van der Waals surface area contributed by atoms with E-state index in [4.69, 9.17) is 22.1 Å². The molecule has 2 aromatic carbocycles. The van der Waals surface area contributed by atoms with E-state index < -0.39 is 53.8 Å². The van der Waals surface area contributed by atoms with E-state index in [1.54, 1.807) is 12.1 Å². The van der Waals surface area contributed by atoms with Gasteiger partial charge in [-0.05, 0) is 23.8 Å². The Balaban J connectivity index is 1.75. The SMILES string of the molecule is N/C(=C\NC1C(O)C(CO)OC(SCc2ccccc2Cl)C1O)c1cc(F)c(F)c(F)c1. The van der Waals surface area contributed by atoms with E-state index in [1.165, 1.54) is 11.8 Å². The van der Waals surface area contributed by atoms with Gasteiger partial charge in [0.15, 0.2) is 17.5 Å². The van der Waals surface area contributed by atoms with Crippen molar-refractivity contribution in [2.45, 2.75) is 35.5 Å². The molecule has 0 amide bonds. The summed E-state index contributed by atoms with van der Waals surface area (Å²) in [6.45, 7) is -0.511. The average molecular weight is 491 g/mol. The number of halogens is 4. The van der Waals surface area contributed by atoms with Gasteiger partial charge in [0.05, 0.1) is 18.3 Å². The summed E-state index contributed by atoms with van der Waals surface area (Å²) in [7, 11) is 0. The Labute approximate surface area is 191 Å². The highest BCUT2D eigenvalue weighted by Crippen LogP contribution is 2.32. The predicted molar refractivity (Wildman–Crippen MR) is 116 cm³/mol. The van der Waals surface area contributed by atoms with Gasteiger partial charge in [0, 0.05) is 22.5 Å². The number of aliphatic hydroxyl groups is 3. The lowest BCUT2D eigenvalue weighted by atomic mass is 9.97. The van der Waals surface area contributed by atoms with Crippen LogP contribution in [0.2, 0.25) is 5.02 Å². The third kappa shape index (κ3) is 5.51. The molecule has 6 N–H and O–H groups in total. The second-order valence-corrected chi connectivity index (χ2v) is 8.65.